The molecule has 0 fully saturated rings. The summed E-state index contributed by atoms with van der Waals surface area (Å²) < 4.78 is 4.46. The van der Waals surface area contributed by atoms with Crippen LogP contribution in [0.15, 0.2) is 24.3 Å². The van der Waals surface area contributed by atoms with Crippen LogP contribution < -0.4 is 5.32 Å². The third-order valence-electron chi connectivity index (χ3n) is 3.11. The van der Waals surface area contributed by atoms with Crippen molar-refractivity contribution in [1.29, 1.82) is 0 Å². The normalized spacial score (nSPS) is 11.5. The van der Waals surface area contributed by atoms with Gasteiger partial charge in [0.1, 0.15) is 6.04 Å². The molecule has 1 aromatic rings. The number of ether oxygens (including phenoxy) is 1. The van der Waals surface area contributed by atoms with E-state index < -0.39 is 23.9 Å². The number of hydrogen-bond donors (Lipinski definition) is 2. The van der Waals surface area contributed by atoms with Crippen LogP contribution in [-0.2, 0) is 20.7 Å². The molecular formula is C15H19NO5. The van der Waals surface area contributed by atoms with Crippen molar-refractivity contribution in [3.63, 3.8) is 0 Å². The van der Waals surface area contributed by atoms with E-state index in [-0.39, 0.29) is 12.8 Å². The maximum atomic E-state index is 12.2. The summed E-state index contributed by atoms with van der Waals surface area (Å²) in [7, 11) is 1.23. The number of aryl methyl sites for hydroxylation is 1. The van der Waals surface area contributed by atoms with E-state index in [4.69, 9.17) is 5.11 Å². The van der Waals surface area contributed by atoms with Crippen molar-refractivity contribution in [2.45, 2.75) is 32.2 Å². The summed E-state index contributed by atoms with van der Waals surface area (Å²) >= 11 is 0. The fourth-order valence-electron chi connectivity index (χ4n) is 1.91. The SMILES string of the molecule is CCc1ccccc1C(=O)N[C@H](CCC(=O)OC)C(=O)O. The van der Waals surface area contributed by atoms with Gasteiger partial charge in [-0.25, -0.2) is 4.79 Å². The second kappa shape index (κ2) is 8.04. The monoisotopic (exact) mass is 293 g/mol. The lowest BCUT2D eigenvalue weighted by Crippen LogP contribution is -2.41. The molecule has 0 heterocycles. The summed E-state index contributed by atoms with van der Waals surface area (Å²) in [4.78, 5) is 34.4. The molecule has 0 aliphatic heterocycles. The molecular weight excluding hydrogens is 274 g/mol. The molecule has 0 spiro atoms. The molecule has 0 radical (unpaired) electrons. The summed E-state index contributed by atoms with van der Waals surface area (Å²) in [6, 6.07) is 5.88. The van der Waals surface area contributed by atoms with Gasteiger partial charge in [0.15, 0.2) is 0 Å². The second-order valence-corrected chi connectivity index (χ2v) is 4.49. The Bertz CT molecular complexity index is 527. The van der Waals surface area contributed by atoms with Crippen LogP contribution in [-0.4, -0.2) is 36.1 Å². The first-order chi connectivity index (χ1) is 9.99. The highest BCUT2D eigenvalue weighted by atomic mass is 16.5. The van der Waals surface area contributed by atoms with Crippen LogP contribution in [0, 0.1) is 0 Å². The molecule has 0 aliphatic carbocycles. The molecule has 1 amide bonds. The topological polar surface area (TPSA) is 92.7 Å². The lowest BCUT2D eigenvalue weighted by Gasteiger charge is -2.15. The summed E-state index contributed by atoms with van der Waals surface area (Å²) in [5.41, 5.74) is 1.29. The maximum absolute atomic E-state index is 12.2. The van der Waals surface area contributed by atoms with Gasteiger partial charge in [0.2, 0.25) is 0 Å². The van der Waals surface area contributed by atoms with Gasteiger partial charge in [-0.3, -0.25) is 9.59 Å². The zero-order valence-corrected chi connectivity index (χ0v) is 12.1. The van der Waals surface area contributed by atoms with Crippen LogP contribution in [0.2, 0.25) is 0 Å². The molecule has 1 atom stereocenters. The lowest BCUT2D eigenvalue weighted by atomic mass is 10.0. The third kappa shape index (κ3) is 4.91. The van der Waals surface area contributed by atoms with Gasteiger partial charge >= 0.3 is 11.9 Å². The lowest BCUT2D eigenvalue weighted by molar-refractivity contribution is -0.142. The number of carbonyl (C=O) groups is 3. The van der Waals surface area contributed by atoms with E-state index in [9.17, 15) is 14.4 Å². The minimum Gasteiger partial charge on any atom is -0.480 e. The van der Waals surface area contributed by atoms with Crippen LogP contribution in [0.3, 0.4) is 0 Å². The molecule has 0 aliphatic rings. The van der Waals surface area contributed by atoms with E-state index in [1.54, 1.807) is 12.1 Å². The largest absolute Gasteiger partial charge is 0.480 e. The summed E-state index contributed by atoms with van der Waals surface area (Å²) in [6.45, 7) is 1.91. The van der Waals surface area contributed by atoms with Gasteiger partial charge in [-0.2, -0.15) is 0 Å². The number of methoxy groups -OCH3 is 1. The number of esters is 1. The van der Waals surface area contributed by atoms with Crippen LogP contribution in [0.25, 0.3) is 0 Å². The van der Waals surface area contributed by atoms with E-state index in [0.717, 1.165) is 5.56 Å². The number of hydrogen-bond acceptors (Lipinski definition) is 4. The van der Waals surface area contributed by atoms with E-state index in [1.807, 2.05) is 19.1 Å². The summed E-state index contributed by atoms with van der Waals surface area (Å²) in [5, 5.41) is 11.6. The highest BCUT2D eigenvalue weighted by Crippen LogP contribution is 2.10. The van der Waals surface area contributed by atoms with Crippen molar-refractivity contribution in [2.75, 3.05) is 7.11 Å². The fraction of sp³-hybridized carbons (Fsp3) is 0.400. The summed E-state index contributed by atoms with van der Waals surface area (Å²) in [6.07, 6.45) is 0.592. The van der Waals surface area contributed by atoms with Crippen LogP contribution in [0.4, 0.5) is 0 Å². The van der Waals surface area contributed by atoms with E-state index >= 15 is 0 Å². The Kier molecular flexibility index (Phi) is 6.39. The predicted molar refractivity (Wildman–Crippen MR) is 76.0 cm³/mol. The molecule has 1 aromatic carbocycles. The predicted octanol–water partition coefficient (Wildman–Crippen LogP) is 1.39. The maximum Gasteiger partial charge on any atom is 0.326 e. The number of carboxylic acids is 1. The highest BCUT2D eigenvalue weighted by molar-refractivity contribution is 5.97. The number of nitrogens with one attached hydrogen (secondary N) is 1. The van der Waals surface area contributed by atoms with Crippen LogP contribution in [0.1, 0.15) is 35.7 Å². The quantitative estimate of drug-likeness (QED) is 0.741. The van der Waals surface area contributed by atoms with E-state index in [2.05, 4.69) is 10.1 Å². The Hall–Kier alpha value is -2.37. The molecule has 0 saturated heterocycles. The van der Waals surface area contributed by atoms with Gasteiger partial charge in [0.05, 0.1) is 7.11 Å². The van der Waals surface area contributed by atoms with Crippen molar-refractivity contribution in [2.24, 2.45) is 0 Å². The number of carboxylic acid groups (broad SMARTS) is 1. The van der Waals surface area contributed by atoms with Crippen LogP contribution in [0.5, 0.6) is 0 Å². The Labute approximate surface area is 123 Å². The molecule has 2 N–H and O–H groups in total. The van der Waals surface area contributed by atoms with Gasteiger partial charge in [-0.1, -0.05) is 25.1 Å². The minimum absolute atomic E-state index is 0.0119. The molecule has 114 valence electrons. The van der Waals surface area contributed by atoms with Crippen LogP contribution >= 0.6 is 0 Å². The van der Waals surface area contributed by atoms with E-state index in [0.29, 0.717) is 12.0 Å². The van der Waals surface area contributed by atoms with Crippen molar-refractivity contribution in [3.8, 4) is 0 Å². The van der Waals surface area contributed by atoms with Crippen molar-refractivity contribution < 1.29 is 24.2 Å². The first-order valence-electron chi connectivity index (χ1n) is 6.68. The van der Waals surface area contributed by atoms with Gasteiger partial charge in [0.25, 0.3) is 5.91 Å². The molecule has 21 heavy (non-hydrogen) atoms. The second-order valence-electron chi connectivity index (χ2n) is 4.49. The smallest absolute Gasteiger partial charge is 0.326 e. The van der Waals surface area contributed by atoms with Gasteiger partial charge < -0.3 is 15.2 Å². The van der Waals surface area contributed by atoms with Crippen molar-refractivity contribution >= 4 is 17.8 Å². The number of aliphatic carboxylic acids is 1. The standard InChI is InChI=1S/C15H19NO5/c1-3-10-6-4-5-7-11(10)14(18)16-12(15(19)20)8-9-13(17)21-2/h4-7,12H,3,8-9H2,1-2H3,(H,16,18)(H,19,20)/t12-/m1/s1. The van der Waals surface area contributed by atoms with Gasteiger partial charge in [-0.05, 0) is 24.5 Å². The van der Waals surface area contributed by atoms with Gasteiger partial charge in [0, 0.05) is 12.0 Å². The third-order valence-corrected chi connectivity index (χ3v) is 3.11. The Morgan fingerprint density at radius 3 is 2.52 bits per heavy atom. The number of rotatable bonds is 7. The van der Waals surface area contributed by atoms with E-state index in [1.165, 1.54) is 7.11 Å². The Balaban J connectivity index is 2.76. The van der Waals surface area contributed by atoms with Crippen molar-refractivity contribution in [1.82, 2.24) is 5.32 Å². The average Bonchev–Trinajstić information content (AvgIpc) is 2.50. The summed E-state index contributed by atoms with van der Waals surface area (Å²) in [5.74, 6) is -2.14. The molecule has 0 saturated carbocycles. The first kappa shape index (κ1) is 16.7. The van der Waals surface area contributed by atoms with Gasteiger partial charge in [-0.15, -0.1) is 0 Å². The molecule has 6 heteroatoms. The Morgan fingerprint density at radius 2 is 1.95 bits per heavy atom. The zero-order chi connectivity index (χ0) is 15.8. The number of carbonyl (C=O) groups excluding carboxylic acids is 2. The average molecular weight is 293 g/mol. The zero-order valence-electron chi connectivity index (χ0n) is 12.1. The number of amides is 1. The molecule has 1 rings (SSSR count). The van der Waals surface area contributed by atoms with Crippen molar-refractivity contribution in [3.05, 3.63) is 35.4 Å². The highest BCUT2D eigenvalue weighted by Gasteiger charge is 2.22. The number of benzene rings is 1. The molecule has 0 unspecified atom stereocenters. The first-order valence-corrected chi connectivity index (χ1v) is 6.68. The molecule has 0 bridgehead atoms. The molecule has 0 aromatic heterocycles. The molecule has 6 nitrogen and oxygen atoms in total. The Morgan fingerprint density at radius 1 is 1.29 bits per heavy atom. The fourth-order valence-corrected chi connectivity index (χ4v) is 1.91. The minimum atomic E-state index is -1.18.